The van der Waals surface area contributed by atoms with Crippen LogP contribution in [-0.4, -0.2) is 46.6 Å². The molecule has 0 bridgehead atoms. The predicted molar refractivity (Wildman–Crippen MR) is 138 cm³/mol. The molecular formula is C25H27N3O8S. The Balaban J connectivity index is 2.01. The first kappa shape index (κ1) is 27.3. The van der Waals surface area contributed by atoms with Crippen LogP contribution in [0.15, 0.2) is 65.6 Å². The second-order valence-corrected chi connectivity index (χ2v) is 9.62. The van der Waals surface area contributed by atoms with Crippen LogP contribution in [0.4, 0.5) is 17.1 Å². The van der Waals surface area contributed by atoms with Crippen LogP contribution < -0.4 is 23.8 Å². The first-order valence-corrected chi connectivity index (χ1v) is 12.6. The van der Waals surface area contributed by atoms with Gasteiger partial charge in [0.15, 0.2) is 11.5 Å². The van der Waals surface area contributed by atoms with Gasteiger partial charge in [-0.15, -0.1) is 0 Å². The topological polar surface area (TPSA) is 137 Å². The molecule has 0 aliphatic carbocycles. The molecule has 0 saturated carbocycles. The molecule has 0 saturated heterocycles. The van der Waals surface area contributed by atoms with Gasteiger partial charge in [0, 0.05) is 18.2 Å². The smallest absolute Gasteiger partial charge is 0.271 e. The van der Waals surface area contributed by atoms with Gasteiger partial charge in [0.05, 0.1) is 42.0 Å². The molecule has 3 rings (SSSR count). The Hall–Kier alpha value is -4.32. The van der Waals surface area contributed by atoms with Crippen LogP contribution in [0, 0.1) is 17.0 Å². The molecule has 3 aromatic carbocycles. The first-order chi connectivity index (χ1) is 17.6. The maximum absolute atomic E-state index is 13.7. The standard InChI is InChI=1S/C25H27N3O8S/c1-5-36-20-10-8-18(9-11-20)27(37(32,33)21-12-13-23(34-3)24(15-21)35-4)16-25(29)26-22-14-19(28(30)31)7-6-17(22)2/h6-15H,5,16H2,1-4H3,(H,26,29). The number of anilines is 2. The lowest BCUT2D eigenvalue weighted by Gasteiger charge is -2.25. The minimum absolute atomic E-state index is 0.127. The zero-order valence-electron chi connectivity index (χ0n) is 20.8. The van der Waals surface area contributed by atoms with Gasteiger partial charge in [0.25, 0.3) is 15.7 Å². The molecule has 11 nitrogen and oxygen atoms in total. The molecule has 0 atom stereocenters. The highest BCUT2D eigenvalue weighted by Crippen LogP contribution is 2.33. The quantitative estimate of drug-likeness (QED) is 0.289. The zero-order valence-corrected chi connectivity index (χ0v) is 21.6. The van der Waals surface area contributed by atoms with Crippen LogP contribution in [0.1, 0.15) is 12.5 Å². The van der Waals surface area contributed by atoms with Gasteiger partial charge in [-0.25, -0.2) is 8.42 Å². The number of aryl methyl sites for hydroxylation is 1. The van der Waals surface area contributed by atoms with Crippen molar-refractivity contribution >= 4 is 33.0 Å². The fourth-order valence-electron chi connectivity index (χ4n) is 3.47. The number of methoxy groups -OCH3 is 2. The molecule has 0 unspecified atom stereocenters. The number of nitrogens with one attached hydrogen (secondary N) is 1. The summed E-state index contributed by atoms with van der Waals surface area (Å²) < 4.78 is 44.3. The van der Waals surface area contributed by atoms with Gasteiger partial charge in [-0.05, 0) is 55.8 Å². The van der Waals surface area contributed by atoms with E-state index < -0.39 is 27.4 Å². The Morgan fingerprint density at radius 1 is 1.00 bits per heavy atom. The molecule has 1 amide bonds. The third-order valence-corrected chi connectivity index (χ3v) is 7.14. The van der Waals surface area contributed by atoms with E-state index in [4.69, 9.17) is 14.2 Å². The fraction of sp³-hybridized carbons (Fsp3) is 0.240. The summed E-state index contributed by atoms with van der Waals surface area (Å²) in [6.45, 7) is 3.32. The number of carbonyl (C=O) groups excluding carboxylic acids is 1. The highest BCUT2D eigenvalue weighted by molar-refractivity contribution is 7.92. The number of amides is 1. The Morgan fingerprint density at radius 2 is 1.68 bits per heavy atom. The molecule has 0 heterocycles. The lowest BCUT2D eigenvalue weighted by atomic mass is 10.2. The maximum atomic E-state index is 13.7. The second-order valence-electron chi connectivity index (χ2n) is 7.76. The number of nitrogens with zero attached hydrogens (tertiary/aromatic N) is 2. The number of nitro groups is 1. The number of hydrogen-bond donors (Lipinski definition) is 1. The van der Waals surface area contributed by atoms with Crippen molar-refractivity contribution < 1.29 is 32.3 Å². The lowest BCUT2D eigenvalue weighted by Crippen LogP contribution is -2.38. The summed E-state index contributed by atoms with van der Waals surface area (Å²) in [5, 5.41) is 13.7. The molecule has 0 aliphatic rings. The van der Waals surface area contributed by atoms with Crippen molar-refractivity contribution in [1.82, 2.24) is 0 Å². The van der Waals surface area contributed by atoms with Crippen molar-refractivity contribution in [3.8, 4) is 17.2 Å². The van der Waals surface area contributed by atoms with Crippen LogP contribution in [0.2, 0.25) is 0 Å². The molecule has 0 spiro atoms. The van der Waals surface area contributed by atoms with E-state index in [0.29, 0.717) is 23.7 Å². The Bertz CT molecular complexity index is 1390. The van der Waals surface area contributed by atoms with Crippen LogP contribution in [0.5, 0.6) is 17.2 Å². The van der Waals surface area contributed by atoms with Crippen molar-refractivity contribution in [3.05, 3.63) is 76.3 Å². The molecule has 1 N–H and O–H groups in total. The average Bonchev–Trinajstić information content (AvgIpc) is 2.88. The monoisotopic (exact) mass is 529 g/mol. The van der Waals surface area contributed by atoms with Crippen LogP contribution in [0.3, 0.4) is 0 Å². The van der Waals surface area contributed by atoms with E-state index in [1.54, 1.807) is 19.1 Å². The second kappa shape index (κ2) is 11.6. The minimum atomic E-state index is -4.27. The van der Waals surface area contributed by atoms with E-state index in [9.17, 15) is 23.3 Å². The molecule has 3 aromatic rings. The van der Waals surface area contributed by atoms with Gasteiger partial charge in [-0.2, -0.15) is 0 Å². The maximum Gasteiger partial charge on any atom is 0.271 e. The number of sulfonamides is 1. The van der Waals surface area contributed by atoms with E-state index >= 15 is 0 Å². The third-order valence-electron chi connectivity index (χ3n) is 5.37. The highest BCUT2D eigenvalue weighted by Gasteiger charge is 2.29. The predicted octanol–water partition coefficient (Wildman–Crippen LogP) is 4.15. The van der Waals surface area contributed by atoms with Gasteiger partial charge in [0.2, 0.25) is 5.91 Å². The van der Waals surface area contributed by atoms with Crippen molar-refractivity contribution in [2.75, 3.05) is 37.0 Å². The Labute approximate surface area is 214 Å². The summed E-state index contributed by atoms with van der Waals surface area (Å²) in [6, 6.07) is 14.4. The molecular weight excluding hydrogens is 502 g/mol. The van der Waals surface area contributed by atoms with Crippen LogP contribution in [0.25, 0.3) is 0 Å². The summed E-state index contributed by atoms with van der Waals surface area (Å²) in [5.41, 5.74) is 0.787. The molecule has 0 radical (unpaired) electrons. The van der Waals surface area contributed by atoms with E-state index in [0.717, 1.165) is 4.31 Å². The highest BCUT2D eigenvalue weighted by atomic mass is 32.2. The van der Waals surface area contributed by atoms with E-state index in [1.807, 2.05) is 6.92 Å². The number of carbonyl (C=O) groups is 1. The van der Waals surface area contributed by atoms with Gasteiger partial charge in [0.1, 0.15) is 12.3 Å². The van der Waals surface area contributed by atoms with Gasteiger partial charge < -0.3 is 19.5 Å². The normalized spacial score (nSPS) is 10.9. The molecule has 196 valence electrons. The van der Waals surface area contributed by atoms with E-state index in [-0.39, 0.29) is 27.7 Å². The number of nitro benzene ring substituents is 1. The Morgan fingerprint density at radius 3 is 2.27 bits per heavy atom. The summed E-state index contributed by atoms with van der Waals surface area (Å²) >= 11 is 0. The van der Waals surface area contributed by atoms with E-state index in [2.05, 4.69) is 5.32 Å². The van der Waals surface area contributed by atoms with Gasteiger partial charge in [-0.1, -0.05) is 6.07 Å². The van der Waals surface area contributed by atoms with E-state index in [1.165, 1.54) is 62.8 Å². The summed E-state index contributed by atoms with van der Waals surface area (Å²) in [6.07, 6.45) is 0. The average molecular weight is 530 g/mol. The Kier molecular flexibility index (Phi) is 8.56. The number of hydrogen-bond acceptors (Lipinski definition) is 8. The number of ether oxygens (including phenoxy) is 3. The fourth-order valence-corrected chi connectivity index (χ4v) is 4.91. The van der Waals surface area contributed by atoms with Crippen LogP contribution in [-0.2, 0) is 14.8 Å². The summed E-state index contributed by atoms with van der Waals surface area (Å²) in [4.78, 5) is 23.5. The molecule has 0 fully saturated rings. The van der Waals surface area contributed by atoms with Gasteiger partial charge >= 0.3 is 0 Å². The van der Waals surface area contributed by atoms with Crippen LogP contribution >= 0.6 is 0 Å². The van der Waals surface area contributed by atoms with Crippen molar-refractivity contribution in [2.24, 2.45) is 0 Å². The number of benzene rings is 3. The molecule has 0 aliphatic heterocycles. The largest absolute Gasteiger partial charge is 0.494 e. The molecule has 12 heteroatoms. The number of rotatable bonds is 11. The molecule has 37 heavy (non-hydrogen) atoms. The minimum Gasteiger partial charge on any atom is -0.494 e. The summed E-state index contributed by atoms with van der Waals surface area (Å²) in [7, 11) is -1.46. The van der Waals surface area contributed by atoms with Crippen molar-refractivity contribution in [2.45, 2.75) is 18.7 Å². The first-order valence-electron chi connectivity index (χ1n) is 11.1. The lowest BCUT2D eigenvalue weighted by molar-refractivity contribution is -0.384. The van der Waals surface area contributed by atoms with Gasteiger partial charge in [-0.3, -0.25) is 19.2 Å². The SMILES string of the molecule is CCOc1ccc(N(CC(=O)Nc2cc([N+](=O)[O-])ccc2C)S(=O)(=O)c2ccc(OC)c(OC)c2)cc1. The van der Waals surface area contributed by atoms with Crippen molar-refractivity contribution in [1.29, 1.82) is 0 Å². The molecule has 0 aromatic heterocycles. The van der Waals surface area contributed by atoms with Crippen molar-refractivity contribution in [3.63, 3.8) is 0 Å². The third kappa shape index (κ3) is 6.28. The summed E-state index contributed by atoms with van der Waals surface area (Å²) in [5.74, 6) is 0.382. The zero-order chi connectivity index (χ0) is 27.2. The number of non-ortho nitro benzene ring substituents is 1.